The summed E-state index contributed by atoms with van der Waals surface area (Å²) in [4.78, 5) is 0. The van der Waals surface area contributed by atoms with Crippen LogP contribution in [0.4, 0.5) is 0 Å². The van der Waals surface area contributed by atoms with Crippen molar-refractivity contribution in [2.45, 2.75) is 55.1 Å². The summed E-state index contributed by atoms with van der Waals surface area (Å²) in [5.74, 6) is 0.884. The van der Waals surface area contributed by atoms with Gasteiger partial charge in [-0.25, -0.2) is 0 Å². The topological polar surface area (TPSA) is 18.5 Å². The van der Waals surface area contributed by atoms with Crippen LogP contribution in [0.15, 0.2) is 54.6 Å². The van der Waals surface area contributed by atoms with E-state index in [1.807, 2.05) is 33.8 Å². The largest absolute Gasteiger partial charge is 0.497 e. The molecule has 0 unspecified atom stereocenters. The summed E-state index contributed by atoms with van der Waals surface area (Å²) in [6.07, 6.45) is 0. The van der Waals surface area contributed by atoms with Gasteiger partial charge < -0.3 is 9.47 Å². The number of hydrogen-bond donors (Lipinski definition) is 0. The lowest BCUT2D eigenvalue weighted by atomic mass is 9.92. The predicted octanol–water partition coefficient (Wildman–Crippen LogP) is 8.15. The predicted molar refractivity (Wildman–Crippen MR) is 131 cm³/mol. The molecule has 0 heterocycles. The quantitative estimate of drug-likeness (QED) is 0.425. The Balaban J connectivity index is 0.00000106. The summed E-state index contributed by atoms with van der Waals surface area (Å²) >= 11 is 0. The lowest BCUT2D eigenvalue weighted by molar-refractivity contribution is 0.185. The van der Waals surface area contributed by atoms with E-state index < -0.39 is 0 Å². The Morgan fingerprint density at radius 1 is 0.600 bits per heavy atom. The zero-order chi connectivity index (χ0) is 22.7. The van der Waals surface area contributed by atoms with Crippen molar-refractivity contribution >= 4 is 0 Å². The van der Waals surface area contributed by atoms with Crippen molar-refractivity contribution < 1.29 is 9.47 Å². The number of benzene rings is 3. The average Bonchev–Trinajstić information content (AvgIpc) is 2.78. The normalized spacial score (nSPS) is 9.77. The second-order valence-electron chi connectivity index (χ2n) is 6.78. The van der Waals surface area contributed by atoms with Crippen LogP contribution in [0.1, 0.15) is 49.9 Å². The first kappa shape index (κ1) is 25.5. The molecule has 0 spiro atoms. The van der Waals surface area contributed by atoms with E-state index in [1.165, 1.54) is 44.5 Å². The molecule has 0 fully saturated rings. The lowest BCUT2D eigenvalue weighted by Gasteiger charge is -2.15. The molecule has 30 heavy (non-hydrogen) atoms. The maximum Gasteiger partial charge on any atom is 0.119 e. The molecule has 3 rings (SSSR count). The van der Waals surface area contributed by atoms with Gasteiger partial charge in [0.05, 0.1) is 13.7 Å². The van der Waals surface area contributed by atoms with Crippen LogP contribution >= 0.6 is 0 Å². The molecule has 162 valence electrons. The average molecular weight is 407 g/mol. The monoisotopic (exact) mass is 406 g/mol. The molecule has 0 aliphatic heterocycles. The Morgan fingerprint density at radius 2 is 1.20 bits per heavy atom. The van der Waals surface area contributed by atoms with Gasteiger partial charge in [0.1, 0.15) is 5.75 Å². The van der Waals surface area contributed by atoms with Crippen LogP contribution < -0.4 is 4.74 Å². The Kier molecular flexibility index (Phi) is 10.9. The summed E-state index contributed by atoms with van der Waals surface area (Å²) in [7, 11) is 3.44. The van der Waals surface area contributed by atoms with Crippen molar-refractivity contribution in [3.63, 3.8) is 0 Å². The van der Waals surface area contributed by atoms with Gasteiger partial charge in [0.15, 0.2) is 0 Å². The Hall–Kier alpha value is -2.58. The molecule has 0 aliphatic carbocycles. The molecule has 3 aromatic carbocycles. The zero-order valence-electron chi connectivity index (χ0n) is 20.2. The molecular weight excluding hydrogens is 368 g/mol. The minimum Gasteiger partial charge on any atom is -0.497 e. The van der Waals surface area contributed by atoms with Gasteiger partial charge in [0.2, 0.25) is 0 Å². The highest BCUT2D eigenvalue weighted by molar-refractivity contribution is 5.76. The van der Waals surface area contributed by atoms with Crippen LogP contribution in [0.5, 0.6) is 5.75 Å². The molecule has 0 bridgehead atoms. The van der Waals surface area contributed by atoms with Crippen LogP contribution in [0.25, 0.3) is 22.3 Å². The van der Waals surface area contributed by atoms with E-state index in [1.54, 1.807) is 14.2 Å². The highest BCUT2D eigenvalue weighted by Gasteiger charge is 2.10. The highest BCUT2D eigenvalue weighted by Crippen LogP contribution is 2.33. The van der Waals surface area contributed by atoms with Crippen LogP contribution in [0.2, 0.25) is 0 Å². The number of aryl methyl sites for hydroxylation is 3. The van der Waals surface area contributed by atoms with E-state index in [2.05, 4.69) is 69.3 Å². The van der Waals surface area contributed by atoms with Gasteiger partial charge in [0, 0.05) is 7.11 Å². The third kappa shape index (κ3) is 6.21. The second kappa shape index (κ2) is 12.9. The van der Waals surface area contributed by atoms with E-state index in [0.29, 0.717) is 6.61 Å². The molecule has 0 N–H and O–H groups in total. The van der Waals surface area contributed by atoms with Gasteiger partial charge in [-0.3, -0.25) is 0 Å². The highest BCUT2D eigenvalue weighted by atomic mass is 16.5. The number of ether oxygens (including phenoxy) is 2. The fourth-order valence-electron chi connectivity index (χ4n) is 3.31. The molecule has 0 amide bonds. The third-order valence-corrected chi connectivity index (χ3v) is 4.97. The first-order chi connectivity index (χ1) is 14.5. The SMILES string of the molecule is CC.CC.COCc1cc(-c2ccc(OC)cc2C)ccc1-c1ccc(C)c(C)c1. The van der Waals surface area contributed by atoms with Crippen molar-refractivity contribution in [2.75, 3.05) is 14.2 Å². The summed E-state index contributed by atoms with van der Waals surface area (Å²) in [5.41, 5.74) is 9.89. The number of methoxy groups -OCH3 is 2. The standard InChI is InChI=1S/C24H26O2.2C2H6/c1-16-6-7-19(12-17(16)2)24-10-8-20(14-21(24)15-25-4)23-11-9-22(26-5)13-18(23)3;2*1-2/h6-14H,15H2,1-5H3;2*1-2H3. The zero-order valence-corrected chi connectivity index (χ0v) is 20.2. The summed E-state index contributed by atoms with van der Waals surface area (Å²) in [6.45, 7) is 15.0. The summed E-state index contributed by atoms with van der Waals surface area (Å²) in [5, 5.41) is 0. The van der Waals surface area contributed by atoms with Crippen molar-refractivity contribution in [1.82, 2.24) is 0 Å². The van der Waals surface area contributed by atoms with Crippen molar-refractivity contribution in [3.8, 4) is 28.0 Å². The molecular formula is C28H38O2. The first-order valence-electron chi connectivity index (χ1n) is 10.9. The van der Waals surface area contributed by atoms with Crippen molar-refractivity contribution in [1.29, 1.82) is 0 Å². The lowest BCUT2D eigenvalue weighted by Crippen LogP contribution is -1.95. The van der Waals surface area contributed by atoms with Crippen LogP contribution in [0.3, 0.4) is 0 Å². The van der Waals surface area contributed by atoms with E-state index in [-0.39, 0.29) is 0 Å². The molecule has 2 nitrogen and oxygen atoms in total. The van der Waals surface area contributed by atoms with Gasteiger partial charge >= 0.3 is 0 Å². The molecule has 0 saturated heterocycles. The van der Waals surface area contributed by atoms with Gasteiger partial charge in [-0.15, -0.1) is 0 Å². The third-order valence-electron chi connectivity index (χ3n) is 4.97. The van der Waals surface area contributed by atoms with E-state index in [9.17, 15) is 0 Å². The van der Waals surface area contributed by atoms with E-state index >= 15 is 0 Å². The van der Waals surface area contributed by atoms with Crippen molar-refractivity contribution in [2.24, 2.45) is 0 Å². The van der Waals surface area contributed by atoms with Crippen LogP contribution in [-0.2, 0) is 11.3 Å². The molecule has 0 saturated carbocycles. The second-order valence-corrected chi connectivity index (χ2v) is 6.78. The smallest absolute Gasteiger partial charge is 0.119 e. The molecule has 0 aliphatic rings. The maximum atomic E-state index is 5.48. The number of hydrogen-bond acceptors (Lipinski definition) is 2. The minimum atomic E-state index is 0.589. The molecule has 3 aromatic rings. The van der Waals surface area contributed by atoms with Crippen LogP contribution in [0, 0.1) is 20.8 Å². The van der Waals surface area contributed by atoms with Gasteiger partial charge in [-0.1, -0.05) is 64.1 Å². The van der Waals surface area contributed by atoms with Gasteiger partial charge in [-0.2, -0.15) is 0 Å². The number of rotatable bonds is 5. The summed E-state index contributed by atoms with van der Waals surface area (Å²) < 4.78 is 10.8. The molecule has 0 radical (unpaired) electrons. The maximum absolute atomic E-state index is 5.48. The Labute approximate surface area is 183 Å². The van der Waals surface area contributed by atoms with Crippen molar-refractivity contribution in [3.05, 3.63) is 76.9 Å². The molecule has 2 heteroatoms. The Bertz CT molecular complexity index is 926. The van der Waals surface area contributed by atoms with Gasteiger partial charge in [0.25, 0.3) is 0 Å². The van der Waals surface area contributed by atoms with Gasteiger partial charge in [-0.05, 0) is 83.5 Å². The first-order valence-corrected chi connectivity index (χ1v) is 10.9. The fourth-order valence-corrected chi connectivity index (χ4v) is 3.31. The molecule has 0 aromatic heterocycles. The van der Waals surface area contributed by atoms with E-state index in [4.69, 9.17) is 9.47 Å². The summed E-state index contributed by atoms with van der Waals surface area (Å²) in [6, 6.07) is 19.5. The van der Waals surface area contributed by atoms with Crippen LogP contribution in [-0.4, -0.2) is 14.2 Å². The fraction of sp³-hybridized carbons (Fsp3) is 0.357. The minimum absolute atomic E-state index is 0.589. The Morgan fingerprint density at radius 3 is 1.77 bits per heavy atom. The molecule has 0 atom stereocenters. The van der Waals surface area contributed by atoms with E-state index in [0.717, 1.165) is 5.75 Å².